The molecule has 1 aliphatic heterocycles. The number of thiazole rings is 1. The summed E-state index contributed by atoms with van der Waals surface area (Å²) in [6.07, 6.45) is 1.76. The van der Waals surface area contributed by atoms with Crippen molar-refractivity contribution in [3.05, 3.63) is 126 Å². The minimum Gasteiger partial charge on any atom is -0.493 e. The van der Waals surface area contributed by atoms with Crippen molar-refractivity contribution in [2.24, 2.45) is 4.99 Å². The summed E-state index contributed by atoms with van der Waals surface area (Å²) in [5, 5.41) is 9.08. The van der Waals surface area contributed by atoms with Crippen LogP contribution in [0.5, 0.6) is 11.5 Å². The molecule has 5 rings (SSSR count). The van der Waals surface area contributed by atoms with E-state index in [1.54, 1.807) is 49.8 Å². The van der Waals surface area contributed by atoms with Crippen LogP contribution in [0.25, 0.3) is 6.08 Å². The number of methoxy groups -OCH3 is 1. The van der Waals surface area contributed by atoms with Crippen molar-refractivity contribution in [3.8, 4) is 17.6 Å². The van der Waals surface area contributed by atoms with Gasteiger partial charge in [0.05, 0.1) is 47.2 Å². The number of aryl methyl sites for hydroxylation is 1. The van der Waals surface area contributed by atoms with Crippen molar-refractivity contribution in [1.29, 1.82) is 5.26 Å². The third-order valence-electron chi connectivity index (χ3n) is 6.89. The maximum absolute atomic E-state index is 14.0. The second-order valence-corrected chi connectivity index (χ2v) is 10.7. The zero-order valence-corrected chi connectivity index (χ0v) is 24.5. The lowest BCUT2D eigenvalue weighted by atomic mass is 9.95. The maximum Gasteiger partial charge on any atom is 0.338 e. The Morgan fingerprint density at radius 2 is 1.83 bits per heavy atom. The van der Waals surface area contributed by atoms with Gasteiger partial charge in [0.25, 0.3) is 5.56 Å². The molecule has 212 valence electrons. The molecule has 0 saturated heterocycles. The monoisotopic (exact) mass is 579 g/mol. The number of nitriles is 1. The Balaban J connectivity index is 1.61. The molecule has 0 bridgehead atoms. The molecular weight excluding hydrogens is 550 g/mol. The van der Waals surface area contributed by atoms with Crippen LogP contribution in [0.15, 0.2) is 87.8 Å². The van der Waals surface area contributed by atoms with E-state index in [2.05, 4.69) is 11.1 Å². The van der Waals surface area contributed by atoms with Crippen LogP contribution >= 0.6 is 11.3 Å². The van der Waals surface area contributed by atoms with Crippen LogP contribution < -0.4 is 24.4 Å². The average molecular weight is 580 g/mol. The number of carbonyl (C=O) groups is 1. The summed E-state index contributed by atoms with van der Waals surface area (Å²) in [4.78, 5) is 32.3. The summed E-state index contributed by atoms with van der Waals surface area (Å²) in [5.74, 6) is 0.502. The number of allylic oxidation sites excluding steroid dienone is 1. The van der Waals surface area contributed by atoms with Crippen molar-refractivity contribution in [1.82, 2.24) is 4.57 Å². The summed E-state index contributed by atoms with van der Waals surface area (Å²) in [6, 6.07) is 21.8. The van der Waals surface area contributed by atoms with E-state index in [1.165, 1.54) is 11.3 Å². The lowest BCUT2D eigenvalue weighted by Crippen LogP contribution is -2.39. The zero-order valence-electron chi connectivity index (χ0n) is 23.7. The topological polar surface area (TPSA) is 103 Å². The normalized spacial score (nSPS) is 14.5. The fourth-order valence-electron chi connectivity index (χ4n) is 4.79. The van der Waals surface area contributed by atoms with Gasteiger partial charge in [-0.05, 0) is 56.2 Å². The van der Waals surface area contributed by atoms with Crippen molar-refractivity contribution in [3.63, 3.8) is 0 Å². The van der Waals surface area contributed by atoms with E-state index in [9.17, 15) is 9.59 Å². The molecule has 9 heteroatoms. The van der Waals surface area contributed by atoms with Gasteiger partial charge in [-0.2, -0.15) is 5.26 Å². The Labute approximate surface area is 247 Å². The Bertz CT molecular complexity index is 1900. The fourth-order valence-corrected chi connectivity index (χ4v) is 5.83. The smallest absolute Gasteiger partial charge is 0.338 e. The number of para-hydroxylation sites is 1. The van der Waals surface area contributed by atoms with Crippen LogP contribution in [-0.2, 0) is 16.1 Å². The number of hydrogen-bond donors (Lipinski definition) is 0. The highest BCUT2D eigenvalue weighted by Gasteiger charge is 2.33. The van der Waals surface area contributed by atoms with Gasteiger partial charge in [-0.15, -0.1) is 0 Å². The fraction of sp³-hybridized carbons (Fsp3) is 0.212. The lowest BCUT2D eigenvalue weighted by molar-refractivity contribution is -0.139. The summed E-state index contributed by atoms with van der Waals surface area (Å²) < 4.78 is 19.1. The van der Waals surface area contributed by atoms with Crippen LogP contribution in [0.1, 0.15) is 47.7 Å². The number of rotatable bonds is 8. The number of fused-ring (bicyclic) bond motifs is 1. The number of carbonyl (C=O) groups excluding carboxylic acids is 1. The third-order valence-corrected chi connectivity index (χ3v) is 7.88. The van der Waals surface area contributed by atoms with Gasteiger partial charge in [-0.3, -0.25) is 9.36 Å². The Morgan fingerprint density at radius 1 is 1.10 bits per heavy atom. The molecular formula is C33H29N3O5S. The molecule has 3 aromatic carbocycles. The number of esters is 1. The predicted octanol–water partition coefficient (Wildman–Crippen LogP) is 4.57. The quantitative estimate of drug-likeness (QED) is 0.284. The molecule has 0 spiro atoms. The Morgan fingerprint density at radius 3 is 2.50 bits per heavy atom. The lowest BCUT2D eigenvalue weighted by Gasteiger charge is -2.24. The molecule has 0 saturated carbocycles. The van der Waals surface area contributed by atoms with E-state index in [4.69, 9.17) is 19.5 Å². The number of aromatic nitrogens is 1. The first-order valence-corrected chi connectivity index (χ1v) is 14.2. The number of ether oxygens (including phenoxy) is 3. The van der Waals surface area contributed by atoms with Gasteiger partial charge in [0.15, 0.2) is 16.3 Å². The maximum atomic E-state index is 14.0. The molecule has 8 nitrogen and oxygen atoms in total. The second kappa shape index (κ2) is 12.3. The molecule has 42 heavy (non-hydrogen) atoms. The van der Waals surface area contributed by atoms with Crippen molar-refractivity contribution in [2.75, 3.05) is 13.7 Å². The largest absolute Gasteiger partial charge is 0.493 e. The van der Waals surface area contributed by atoms with Gasteiger partial charge in [-0.25, -0.2) is 9.79 Å². The highest BCUT2D eigenvalue weighted by molar-refractivity contribution is 7.07. The van der Waals surface area contributed by atoms with E-state index in [-0.39, 0.29) is 18.8 Å². The molecule has 1 atom stereocenters. The molecule has 0 N–H and O–H groups in total. The predicted molar refractivity (Wildman–Crippen MR) is 160 cm³/mol. The highest BCUT2D eigenvalue weighted by atomic mass is 32.1. The van der Waals surface area contributed by atoms with E-state index in [1.807, 2.05) is 55.5 Å². The van der Waals surface area contributed by atoms with Crippen molar-refractivity contribution in [2.45, 2.75) is 33.4 Å². The zero-order chi connectivity index (χ0) is 29.8. The molecule has 0 unspecified atom stereocenters. The third kappa shape index (κ3) is 5.62. The van der Waals surface area contributed by atoms with Gasteiger partial charge >= 0.3 is 5.97 Å². The molecule has 2 heterocycles. The van der Waals surface area contributed by atoms with Gasteiger partial charge in [0.1, 0.15) is 6.61 Å². The number of benzene rings is 3. The summed E-state index contributed by atoms with van der Waals surface area (Å²) >= 11 is 1.24. The van der Waals surface area contributed by atoms with Gasteiger partial charge in [0.2, 0.25) is 0 Å². The first-order chi connectivity index (χ1) is 20.3. The highest BCUT2D eigenvalue weighted by Crippen LogP contribution is 2.33. The minimum atomic E-state index is -0.680. The molecule has 0 radical (unpaired) electrons. The summed E-state index contributed by atoms with van der Waals surface area (Å²) in [6.45, 7) is 5.95. The summed E-state index contributed by atoms with van der Waals surface area (Å²) in [7, 11) is 1.56. The molecule has 1 aromatic heterocycles. The summed E-state index contributed by atoms with van der Waals surface area (Å²) in [5.41, 5.74) is 4.53. The number of hydrogen-bond acceptors (Lipinski definition) is 8. The van der Waals surface area contributed by atoms with Crippen LogP contribution in [0.3, 0.4) is 0 Å². The van der Waals surface area contributed by atoms with E-state index >= 15 is 0 Å². The first-order valence-electron chi connectivity index (χ1n) is 13.4. The van der Waals surface area contributed by atoms with E-state index in [0.29, 0.717) is 43.2 Å². The SMILES string of the molecule is CCOC(=O)C1=C(C)N=c2s/c(=C\c3cccc(OC)c3OCc3ccc(C#N)cc3)c(=O)n2[C@H]1c1ccc(C)cc1. The average Bonchev–Trinajstić information content (AvgIpc) is 3.30. The van der Waals surface area contributed by atoms with Gasteiger partial charge < -0.3 is 14.2 Å². The van der Waals surface area contributed by atoms with Crippen molar-refractivity contribution >= 4 is 23.4 Å². The van der Waals surface area contributed by atoms with Crippen LogP contribution in [-0.4, -0.2) is 24.3 Å². The van der Waals surface area contributed by atoms with Crippen molar-refractivity contribution < 1.29 is 19.0 Å². The van der Waals surface area contributed by atoms with Crippen LogP contribution in [0.2, 0.25) is 0 Å². The standard InChI is InChI=1S/C33H29N3O5S/c1-5-40-32(38)28-21(3)35-33-36(29(28)24-15-9-20(2)10-16-24)31(37)27(42-33)17-25-7-6-8-26(39-4)30(25)41-19-23-13-11-22(18-34)12-14-23/h6-17,29H,5,19H2,1-4H3/b27-17-/t29-/m0/s1. The Kier molecular flexibility index (Phi) is 8.36. The Hall–Kier alpha value is -4.94. The van der Waals surface area contributed by atoms with Gasteiger partial charge in [-0.1, -0.05) is 65.4 Å². The first kappa shape index (κ1) is 28.6. The molecule has 0 fully saturated rings. The molecule has 4 aromatic rings. The van der Waals surface area contributed by atoms with Crippen LogP contribution in [0.4, 0.5) is 0 Å². The van der Waals surface area contributed by atoms with E-state index in [0.717, 1.165) is 16.7 Å². The van der Waals surface area contributed by atoms with Crippen LogP contribution in [0, 0.1) is 18.3 Å². The second-order valence-electron chi connectivity index (χ2n) is 9.69. The molecule has 0 amide bonds. The van der Waals surface area contributed by atoms with E-state index < -0.39 is 12.0 Å². The molecule has 0 aliphatic carbocycles. The van der Waals surface area contributed by atoms with Gasteiger partial charge in [0, 0.05) is 5.56 Å². The minimum absolute atomic E-state index is 0.210. The number of nitrogens with zero attached hydrogens (tertiary/aromatic N) is 3. The molecule has 1 aliphatic rings.